The van der Waals surface area contributed by atoms with Gasteiger partial charge in [0, 0.05) is 19.6 Å². The largest absolute Gasteiger partial charge is 0.382 e. The van der Waals surface area contributed by atoms with E-state index in [0.717, 1.165) is 6.42 Å². The highest BCUT2D eigenvalue weighted by atomic mass is 16.6. The van der Waals surface area contributed by atoms with E-state index in [1.165, 1.54) is 0 Å². The molecule has 0 rings (SSSR count). The molecule has 1 N–H and O–H groups in total. The Morgan fingerprint density at radius 1 is 1.43 bits per heavy atom. The van der Waals surface area contributed by atoms with Crippen LogP contribution in [-0.4, -0.2) is 25.7 Å². The maximum absolute atomic E-state index is 11.1. The summed E-state index contributed by atoms with van der Waals surface area (Å²) in [5.74, 6) is 0.351. The molecule has 0 heterocycles. The third kappa shape index (κ3) is 9.48. The first-order valence-electron chi connectivity index (χ1n) is 5.15. The minimum atomic E-state index is -0.0784. The van der Waals surface area contributed by atoms with E-state index >= 15 is 0 Å². The third-order valence-electron chi connectivity index (χ3n) is 1.50. The monoisotopic (exact) mass is 203 g/mol. The first kappa shape index (κ1) is 13.4. The van der Waals surface area contributed by atoms with Crippen LogP contribution in [0.2, 0.25) is 0 Å². The van der Waals surface area contributed by atoms with Gasteiger partial charge in [0.1, 0.15) is 0 Å². The van der Waals surface area contributed by atoms with Gasteiger partial charge in [-0.2, -0.15) is 0 Å². The third-order valence-corrected chi connectivity index (χ3v) is 1.50. The lowest BCUT2D eigenvalue weighted by Gasteiger charge is -2.07. The predicted octanol–water partition coefficient (Wildman–Crippen LogP) is 1.51. The van der Waals surface area contributed by atoms with Gasteiger partial charge in [0.25, 0.3) is 0 Å². The lowest BCUT2D eigenvalue weighted by Crippen LogP contribution is -2.25. The Balaban J connectivity index is 3.20. The van der Waals surface area contributed by atoms with Crippen molar-refractivity contribution in [2.24, 2.45) is 5.92 Å². The summed E-state index contributed by atoms with van der Waals surface area (Å²) in [6.45, 7) is 7.88. The fourth-order valence-electron chi connectivity index (χ4n) is 0.819. The maximum atomic E-state index is 11.1. The van der Waals surface area contributed by atoms with Gasteiger partial charge < -0.3 is 4.74 Å². The van der Waals surface area contributed by atoms with Crippen LogP contribution in [0, 0.1) is 5.92 Å². The van der Waals surface area contributed by atoms with E-state index in [0.29, 0.717) is 32.2 Å². The molecule has 14 heavy (non-hydrogen) atoms. The van der Waals surface area contributed by atoms with E-state index in [-0.39, 0.29) is 5.91 Å². The number of hydroxylamine groups is 1. The first-order valence-corrected chi connectivity index (χ1v) is 5.15. The Hall–Kier alpha value is -0.610. The second-order valence-corrected chi connectivity index (χ2v) is 3.53. The number of nitrogens with one attached hydrogen (secondary N) is 1. The minimum absolute atomic E-state index is 0.0784. The second-order valence-electron chi connectivity index (χ2n) is 3.53. The SMILES string of the molecule is CCOCCCC(=O)NOCC(C)C. The molecule has 0 bridgehead atoms. The van der Waals surface area contributed by atoms with Crippen LogP contribution >= 0.6 is 0 Å². The average molecular weight is 203 g/mol. The minimum Gasteiger partial charge on any atom is -0.382 e. The first-order chi connectivity index (χ1) is 6.66. The van der Waals surface area contributed by atoms with Crippen molar-refractivity contribution in [3.8, 4) is 0 Å². The average Bonchev–Trinajstić information content (AvgIpc) is 2.12. The smallest absolute Gasteiger partial charge is 0.243 e. The van der Waals surface area contributed by atoms with Crippen LogP contribution in [0.25, 0.3) is 0 Å². The Kier molecular flexibility index (Phi) is 8.57. The van der Waals surface area contributed by atoms with E-state index in [1.807, 2.05) is 20.8 Å². The van der Waals surface area contributed by atoms with Crippen LogP contribution in [0.5, 0.6) is 0 Å². The highest BCUT2D eigenvalue weighted by Gasteiger charge is 2.01. The van der Waals surface area contributed by atoms with E-state index in [9.17, 15) is 4.79 Å². The molecule has 0 saturated carbocycles. The van der Waals surface area contributed by atoms with Gasteiger partial charge in [-0.1, -0.05) is 13.8 Å². The molecule has 4 heteroatoms. The van der Waals surface area contributed by atoms with Gasteiger partial charge in [-0.05, 0) is 19.3 Å². The highest BCUT2D eigenvalue weighted by Crippen LogP contribution is 1.92. The molecule has 0 unspecified atom stereocenters. The Morgan fingerprint density at radius 3 is 2.71 bits per heavy atom. The molecular weight excluding hydrogens is 182 g/mol. The molecule has 1 amide bonds. The normalized spacial score (nSPS) is 10.6. The molecule has 0 fully saturated rings. The molecule has 0 radical (unpaired) electrons. The van der Waals surface area contributed by atoms with Crippen LogP contribution < -0.4 is 5.48 Å². The molecule has 0 aromatic heterocycles. The number of hydrogen-bond donors (Lipinski definition) is 1. The van der Waals surface area contributed by atoms with Crippen LogP contribution in [0.3, 0.4) is 0 Å². The fourth-order valence-corrected chi connectivity index (χ4v) is 0.819. The number of carbonyl (C=O) groups is 1. The predicted molar refractivity (Wildman–Crippen MR) is 54.7 cm³/mol. The zero-order valence-electron chi connectivity index (χ0n) is 9.34. The van der Waals surface area contributed by atoms with E-state index in [2.05, 4.69) is 5.48 Å². The molecule has 4 nitrogen and oxygen atoms in total. The van der Waals surface area contributed by atoms with Crippen molar-refractivity contribution in [2.75, 3.05) is 19.8 Å². The maximum Gasteiger partial charge on any atom is 0.243 e. The van der Waals surface area contributed by atoms with Crippen LogP contribution in [-0.2, 0) is 14.4 Å². The number of ether oxygens (including phenoxy) is 1. The lowest BCUT2D eigenvalue weighted by atomic mass is 10.2. The zero-order valence-corrected chi connectivity index (χ0v) is 9.34. The number of hydrogen-bond acceptors (Lipinski definition) is 3. The summed E-state index contributed by atoms with van der Waals surface area (Å²) in [4.78, 5) is 16.1. The van der Waals surface area contributed by atoms with Crippen molar-refractivity contribution < 1.29 is 14.4 Å². The Bertz CT molecular complexity index is 148. The molecule has 0 aliphatic rings. The summed E-state index contributed by atoms with van der Waals surface area (Å²) in [6.07, 6.45) is 1.20. The van der Waals surface area contributed by atoms with Crippen molar-refractivity contribution in [1.29, 1.82) is 0 Å². The Morgan fingerprint density at radius 2 is 2.14 bits per heavy atom. The lowest BCUT2D eigenvalue weighted by molar-refractivity contribution is -0.134. The molecule has 0 atom stereocenters. The van der Waals surface area contributed by atoms with Gasteiger partial charge in [-0.3, -0.25) is 9.63 Å². The van der Waals surface area contributed by atoms with Gasteiger partial charge in [0.2, 0.25) is 5.91 Å². The standard InChI is InChI=1S/C10H21NO3/c1-4-13-7-5-6-10(12)11-14-8-9(2)3/h9H,4-8H2,1-3H3,(H,11,12). The quantitative estimate of drug-likeness (QED) is 0.480. The van der Waals surface area contributed by atoms with Crippen molar-refractivity contribution in [2.45, 2.75) is 33.6 Å². The number of rotatable bonds is 8. The molecular formula is C10H21NO3. The molecule has 0 aromatic carbocycles. The summed E-state index contributed by atoms with van der Waals surface area (Å²) >= 11 is 0. The van der Waals surface area contributed by atoms with Gasteiger partial charge in [0.05, 0.1) is 6.61 Å². The number of carbonyl (C=O) groups excluding carboxylic acids is 1. The van der Waals surface area contributed by atoms with Crippen LogP contribution in [0.1, 0.15) is 33.6 Å². The summed E-state index contributed by atoms with van der Waals surface area (Å²) in [6, 6.07) is 0. The molecule has 0 aromatic rings. The van der Waals surface area contributed by atoms with E-state index in [1.54, 1.807) is 0 Å². The molecule has 0 saturated heterocycles. The molecule has 0 aliphatic carbocycles. The molecule has 0 aliphatic heterocycles. The van der Waals surface area contributed by atoms with Crippen molar-refractivity contribution in [3.63, 3.8) is 0 Å². The summed E-state index contributed by atoms with van der Waals surface area (Å²) in [5, 5.41) is 0. The Labute approximate surface area is 85.9 Å². The van der Waals surface area contributed by atoms with Crippen molar-refractivity contribution >= 4 is 5.91 Å². The summed E-state index contributed by atoms with van der Waals surface area (Å²) < 4.78 is 5.11. The summed E-state index contributed by atoms with van der Waals surface area (Å²) in [5.41, 5.74) is 2.40. The van der Waals surface area contributed by atoms with Gasteiger partial charge in [-0.25, -0.2) is 5.48 Å². The van der Waals surface area contributed by atoms with Crippen LogP contribution in [0.4, 0.5) is 0 Å². The van der Waals surface area contributed by atoms with Gasteiger partial charge in [-0.15, -0.1) is 0 Å². The van der Waals surface area contributed by atoms with Crippen LogP contribution in [0.15, 0.2) is 0 Å². The van der Waals surface area contributed by atoms with Crippen molar-refractivity contribution in [3.05, 3.63) is 0 Å². The number of amides is 1. The van der Waals surface area contributed by atoms with E-state index < -0.39 is 0 Å². The topological polar surface area (TPSA) is 47.6 Å². The van der Waals surface area contributed by atoms with Gasteiger partial charge in [0.15, 0.2) is 0 Å². The van der Waals surface area contributed by atoms with E-state index in [4.69, 9.17) is 9.57 Å². The zero-order chi connectivity index (χ0) is 10.8. The summed E-state index contributed by atoms with van der Waals surface area (Å²) in [7, 11) is 0. The fraction of sp³-hybridized carbons (Fsp3) is 0.900. The van der Waals surface area contributed by atoms with Crippen molar-refractivity contribution in [1.82, 2.24) is 5.48 Å². The molecule has 0 spiro atoms. The van der Waals surface area contributed by atoms with Gasteiger partial charge >= 0.3 is 0 Å². The molecule has 84 valence electrons. The highest BCUT2D eigenvalue weighted by molar-refractivity contribution is 5.74. The second kappa shape index (κ2) is 8.97.